The van der Waals surface area contributed by atoms with E-state index >= 15 is 0 Å². The topological polar surface area (TPSA) is 122 Å². The number of hydrogen-bond donors (Lipinski definition) is 2. The highest BCUT2D eigenvalue weighted by atomic mass is 16.6. The summed E-state index contributed by atoms with van der Waals surface area (Å²) in [5.74, 6) is 1.46. The van der Waals surface area contributed by atoms with Crippen LogP contribution >= 0.6 is 0 Å². The van der Waals surface area contributed by atoms with Gasteiger partial charge in [0.2, 0.25) is 0 Å². The van der Waals surface area contributed by atoms with Gasteiger partial charge in [0, 0.05) is 36.9 Å². The Labute approximate surface area is 236 Å². The fourth-order valence-corrected chi connectivity index (χ4v) is 4.58. The zero-order chi connectivity index (χ0) is 29.7. The van der Waals surface area contributed by atoms with Crippen LogP contribution in [0.25, 0.3) is 5.57 Å². The van der Waals surface area contributed by atoms with E-state index in [4.69, 9.17) is 4.74 Å². The summed E-state index contributed by atoms with van der Waals surface area (Å²) in [7, 11) is 0. The Morgan fingerprint density at radius 1 is 1.23 bits per heavy atom. The Morgan fingerprint density at radius 2 is 1.95 bits per heavy atom. The van der Waals surface area contributed by atoms with Crippen molar-refractivity contribution in [3.63, 3.8) is 0 Å². The van der Waals surface area contributed by atoms with Gasteiger partial charge in [0.15, 0.2) is 5.82 Å². The van der Waals surface area contributed by atoms with Crippen molar-refractivity contribution < 1.29 is 19.4 Å². The lowest BCUT2D eigenvalue weighted by molar-refractivity contribution is -0.00487. The molecule has 0 saturated heterocycles. The molecule has 0 radical (unpaired) electrons. The van der Waals surface area contributed by atoms with Gasteiger partial charge in [-0.25, -0.2) is 4.79 Å². The Bertz CT molecular complexity index is 1320. The molecule has 10 heteroatoms. The van der Waals surface area contributed by atoms with Gasteiger partial charge < -0.3 is 24.6 Å². The molecule has 0 aliphatic carbocycles. The first-order chi connectivity index (χ1) is 18.8. The predicted octanol–water partition coefficient (Wildman–Crippen LogP) is 4.55. The zero-order valence-corrected chi connectivity index (χ0v) is 24.7. The first-order valence-electron chi connectivity index (χ1n) is 13.8. The standard InChI is InChI=1S/C28H36N6O4.C2H6/c1-18(24-32-31-23-10-12-27(3,4)34(23)24)8-7-9-19(2)30-25(35)22-14-21-16-33(13-11-20(21)15-29-22)26(36)38-17-28(5,6)37;1-2/h7-9,14-15,37H,2,10-13,16-17H2,1,3-6H3,(H,30,35);1-2H3/b9-7-,18-8+;. The fourth-order valence-electron chi connectivity index (χ4n) is 4.58. The number of amides is 2. The number of carbonyl (C=O) groups is 2. The number of carbonyl (C=O) groups excluding carboxylic acids is 2. The highest BCUT2D eigenvalue weighted by molar-refractivity contribution is 5.94. The van der Waals surface area contributed by atoms with Crippen LogP contribution in [0.15, 0.2) is 42.8 Å². The van der Waals surface area contributed by atoms with Gasteiger partial charge in [0.25, 0.3) is 5.91 Å². The first kappa shape index (κ1) is 30.7. The minimum absolute atomic E-state index is 0.0138. The van der Waals surface area contributed by atoms with Gasteiger partial charge >= 0.3 is 6.09 Å². The maximum absolute atomic E-state index is 12.8. The summed E-state index contributed by atoms with van der Waals surface area (Å²) in [6.07, 6.45) is 9.20. The number of nitrogens with one attached hydrogen (secondary N) is 1. The molecule has 4 heterocycles. The van der Waals surface area contributed by atoms with Crippen LogP contribution < -0.4 is 5.32 Å². The van der Waals surface area contributed by atoms with Gasteiger partial charge in [0.05, 0.1) is 5.60 Å². The van der Waals surface area contributed by atoms with Crippen molar-refractivity contribution in [2.24, 2.45) is 0 Å². The highest BCUT2D eigenvalue weighted by Gasteiger charge is 2.33. The molecule has 2 aliphatic heterocycles. The average Bonchev–Trinajstić information content (AvgIpc) is 3.48. The molecule has 0 unspecified atom stereocenters. The smallest absolute Gasteiger partial charge is 0.410 e. The van der Waals surface area contributed by atoms with Gasteiger partial charge in [-0.3, -0.25) is 9.78 Å². The molecule has 2 aliphatic rings. The van der Waals surface area contributed by atoms with Crippen LogP contribution in [0.1, 0.15) is 88.2 Å². The molecule has 40 heavy (non-hydrogen) atoms. The Kier molecular flexibility index (Phi) is 9.68. The van der Waals surface area contributed by atoms with Crippen molar-refractivity contribution in [1.29, 1.82) is 0 Å². The largest absolute Gasteiger partial charge is 0.446 e. The Hall–Kier alpha value is -3.79. The fraction of sp³-hybridized carbons (Fsp3) is 0.500. The number of aromatic nitrogens is 4. The van der Waals surface area contributed by atoms with E-state index in [0.29, 0.717) is 25.2 Å². The molecule has 0 spiro atoms. The van der Waals surface area contributed by atoms with E-state index in [1.807, 2.05) is 32.9 Å². The summed E-state index contributed by atoms with van der Waals surface area (Å²) in [4.78, 5) is 31.1. The third kappa shape index (κ3) is 7.44. The number of nitrogens with zero attached hydrogens (tertiary/aromatic N) is 5. The minimum atomic E-state index is -1.10. The molecule has 10 nitrogen and oxygen atoms in total. The summed E-state index contributed by atoms with van der Waals surface area (Å²) in [6.45, 7) is 18.1. The van der Waals surface area contributed by atoms with Crippen LogP contribution in [0.2, 0.25) is 0 Å². The van der Waals surface area contributed by atoms with Crippen LogP contribution in [-0.4, -0.2) is 60.5 Å². The van der Waals surface area contributed by atoms with Crippen molar-refractivity contribution >= 4 is 17.6 Å². The van der Waals surface area contributed by atoms with Gasteiger partial charge in [-0.05, 0) is 76.3 Å². The highest BCUT2D eigenvalue weighted by Crippen LogP contribution is 2.33. The predicted molar refractivity (Wildman–Crippen MR) is 154 cm³/mol. The van der Waals surface area contributed by atoms with Gasteiger partial charge in [0.1, 0.15) is 18.1 Å². The van der Waals surface area contributed by atoms with Crippen LogP contribution in [-0.2, 0) is 29.7 Å². The number of fused-ring (bicyclic) bond motifs is 2. The number of rotatable bonds is 7. The lowest BCUT2D eigenvalue weighted by atomic mass is 10.0. The number of aliphatic hydroxyl groups is 1. The molecule has 0 aromatic carbocycles. The number of aryl methyl sites for hydroxylation is 1. The van der Waals surface area contributed by atoms with E-state index in [-0.39, 0.29) is 23.7 Å². The Morgan fingerprint density at radius 3 is 2.65 bits per heavy atom. The van der Waals surface area contributed by atoms with Crippen molar-refractivity contribution in [1.82, 2.24) is 30.0 Å². The molecule has 2 amide bonds. The van der Waals surface area contributed by atoms with E-state index in [1.54, 1.807) is 37.1 Å². The maximum atomic E-state index is 12.8. The van der Waals surface area contributed by atoms with Crippen LogP contribution in [0, 0.1) is 0 Å². The van der Waals surface area contributed by atoms with Crippen LogP contribution in [0.3, 0.4) is 0 Å². The molecule has 0 atom stereocenters. The third-order valence-electron chi connectivity index (χ3n) is 6.70. The lowest BCUT2D eigenvalue weighted by Gasteiger charge is -2.29. The number of hydrogen-bond acceptors (Lipinski definition) is 7. The van der Waals surface area contributed by atoms with E-state index < -0.39 is 11.7 Å². The molecule has 4 rings (SSSR count). The monoisotopic (exact) mass is 550 g/mol. The van der Waals surface area contributed by atoms with E-state index in [0.717, 1.165) is 41.2 Å². The lowest BCUT2D eigenvalue weighted by Crippen LogP contribution is -2.39. The molecule has 2 aromatic rings. The minimum Gasteiger partial charge on any atom is -0.446 e. The van der Waals surface area contributed by atoms with Crippen molar-refractivity contribution in [2.45, 2.75) is 85.4 Å². The molecular weight excluding hydrogens is 508 g/mol. The van der Waals surface area contributed by atoms with E-state index in [2.05, 4.69) is 45.5 Å². The summed E-state index contributed by atoms with van der Waals surface area (Å²) in [6, 6.07) is 1.69. The first-order valence-corrected chi connectivity index (χ1v) is 13.8. The average molecular weight is 551 g/mol. The molecule has 216 valence electrons. The molecule has 2 N–H and O–H groups in total. The number of pyridine rings is 1. The number of allylic oxidation sites excluding steroid dienone is 4. The van der Waals surface area contributed by atoms with Crippen LogP contribution in [0.4, 0.5) is 4.79 Å². The van der Waals surface area contributed by atoms with Crippen LogP contribution in [0.5, 0.6) is 0 Å². The van der Waals surface area contributed by atoms with Gasteiger partial charge in [-0.1, -0.05) is 32.6 Å². The molecular formula is C30H42N6O4. The molecule has 0 bridgehead atoms. The van der Waals surface area contributed by atoms with Gasteiger partial charge in [-0.15, -0.1) is 10.2 Å². The molecule has 2 aromatic heterocycles. The zero-order valence-electron chi connectivity index (χ0n) is 24.7. The summed E-state index contributed by atoms with van der Waals surface area (Å²) < 4.78 is 7.40. The third-order valence-corrected chi connectivity index (χ3v) is 6.70. The summed E-state index contributed by atoms with van der Waals surface area (Å²) in [5, 5.41) is 21.2. The second-order valence-electron chi connectivity index (χ2n) is 11.2. The summed E-state index contributed by atoms with van der Waals surface area (Å²) >= 11 is 0. The van der Waals surface area contributed by atoms with E-state index in [9.17, 15) is 14.7 Å². The van der Waals surface area contributed by atoms with Crippen molar-refractivity contribution in [2.75, 3.05) is 13.2 Å². The Balaban J connectivity index is 0.00000216. The number of ether oxygens (including phenoxy) is 1. The summed E-state index contributed by atoms with van der Waals surface area (Å²) in [5.41, 5.74) is 2.32. The maximum Gasteiger partial charge on any atom is 0.410 e. The van der Waals surface area contributed by atoms with Gasteiger partial charge in [-0.2, -0.15) is 0 Å². The molecule has 0 saturated carbocycles. The van der Waals surface area contributed by atoms with Crippen molar-refractivity contribution in [3.05, 3.63) is 71.2 Å². The second kappa shape index (κ2) is 12.6. The van der Waals surface area contributed by atoms with Crippen molar-refractivity contribution in [3.8, 4) is 0 Å². The molecule has 0 fully saturated rings. The SMILES string of the molecule is C=C(/C=C\C=C(/C)c1nnc2n1C(C)(C)CC2)NC(=O)c1cc2c(cn1)CCN(C(=O)OCC(C)(C)O)C2.CC. The normalized spacial score (nSPS) is 16.1. The van der Waals surface area contributed by atoms with E-state index in [1.165, 1.54) is 0 Å². The second-order valence-corrected chi connectivity index (χ2v) is 11.2. The quantitative estimate of drug-likeness (QED) is 0.485.